The lowest BCUT2D eigenvalue weighted by atomic mass is 10.0. The van der Waals surface area contributed by atoms with Crippen LogP contribution >= 0.6 is 0 Å². The number of nitrogens with one attached hydrogen (secondary N) is 11. The van der Waals surface area contributed by atoms with Crippen molar-refractivity contribution in [2.75, 3.05) is 6.61 Å². The molecule has 28 nitrogen and oxygen atoms in total. The molecule has 0 fully saturated rings. The van der Waals surface area contributed by atoms with E-state index in [1.165, 1.54) is 50.6 Å². The largest absolute Gasteiger partial charge is 0.508 e. The monoisotopic (exact) mass is 1150 g/mol. The summed E-state index contributed by atoms with van der Waals surface area (Å²) in [6.07, 6.45) is 2.67. The zero-order valence-corrected chi connectivity index (χ0v) is 45.3. The van der Waals surface area contributed by atoms with Crippen LogP contribution < -0.4 is 48.3 Å². The Morgan fingerprint density at radius 1 is 0.542 bits per heavy atom. The third kappa shape index (κ3) is 17.7. The van der Waals surface area contributed by atoms with Gasteiger partial charge in [-0.2, -0.15) is 0 Å². The summed E-state index contributed by atoms with van der Waals surface area (Å²) in [5, 5.41) is 71.2. The summed E-state index contributed by atoms with van der Waals surface area (Å²) in [5.41, 5.74) is 9.90. The van der Waals surface area contributed by atoms with Gasteiger partial charge in [0, 0.05) is 78.2 Å². The van der Waals surface area contributed by atoms with E-state index in [0.29, 0.717) is 22.4 Å². The topological polar surface area (TPSA) is 454 Å². The second-order valence-corrected chi connectivity index (χ2v) is 19.8. The number of aliphatic hydroxyl groups excluding tert-OH is 2. The van der Waals surface area contributed by atoms with Crippen molar-refractivity contribution in [3.63, 3.8) is 0 Å². The third-order valence-corrected chi connectivity index (χ3v) is 13.4. The van der Waals surface area contributed by atoms with Gasteiger partial charge in [-0.25, -0.2) is 9.78 Å². The van der Waals surface area contributed by atoms with Gasteiger partial charge in [-0.3, -0.25) is 43.2 Å². The maximum absolute atomic E-state index is 14.4. The quantitative estimate of drug-likeness (QED) is 0.0230. The molecule has 83 heavy (non-hydrogen) atoms. The van der Waals surface area contributed by atoms with Crippen LogP contribution in [0, 0.1) is 0 Å². The van der Waals surface area contributed by atoms with E-state index >= 15 is 0 Å². The lowest BCUT2D eigenvalue weighted by Crippen LogP contribution is -2.62. The fourth-order valence-corrected chi connectivity index (χ4v) is 8.81. The van der Waals surface area contributed by atoms with E-state index in [1.54, 1.807) is 54.9 Å². The number of hydrogen-bond acceptors (Lipinski definition) is 15. The molecule has 0 spiro atoms. The zero-order chi connectivity index (χ0) is 60.5. The van der Waals surface area contributed by atoms with Gasteiger partial charge in [-0.15, -0.1) is 0 Å². The first-order chi connectivity index (χ1) is 39.5. The number of aromatic amines is 3. The predicted octanol–water partition coefficient (Wildman–Crippen LogP) is -2.08. The number of phenols is 1. The standard InChI is InChI=1S/C55H67N13O15/c1-27(47(74)61-28(2)48(75)66-43(55(82)83)20-32-23-59-39-11-7-5-9-36(32)39)62-50(77)40(16-17-45(72)73)63-54(81)46(29(3)70)68-53(80)44(25-69)67-51(78)41(18-30-12-14-34(71)15-13-30)65-52(79)42(19-31-22-58-38-10-6-4-8-35(31)38)64-49(76)37(56)21-33-24-57-26-60-33/h4-15,22-24,26-29,37,40-44,46,58-59,69-71H,16-21,25,56H2,1-3H3,(H,57,60)(H,61,74)(H,62,77)(H,63,81)(H,64,76)(H,65,79)(H,66,75)(H,67,78)(H,68,80)(H,72,73)(H,82,83)/t27-,28-,29+,37-,40-,41-,42-,43-,44-,46-/m0/s1. The van der Waals surface area contributed by atoms with Crippen molar-refractivity contribution < 1.29 is 73.5 Å². The molecule has 8 amide bonds. The van der Waals surface area contributed by atoms with Crippen molar-refractivity contribution >= 4 is 81.0 Å². The molecular formula is C55H67N13O15. The number of carboxylic acid groups (broad SMARTS) is 2. The number of H-pyrrole nitrogens is 3. The van der Waals surface area contributed by atoms with Gasteiger partial charge >= 0.3 is 11.9 Å². The number of para-hydroxylation sites is 2. The number of imidazole rings is 1. The summed E-state index contributed by atoms with van der Waals surface area (Å²) < 4.78 is 0. The van der Waals surface area contributed by atoms with Crippen LogP contribution in [-0.4, -0.2) is 172 Å². The van der Waals surface area contributed by atoms with Crippen molar-refractivity contribution in [1.82, 2.24) is 62.5 Å². The SMILES string of the molecule is C[C@H](NC(=O)[C@H](C)NC(=O)[C@H](CCC(=O)O)NC(=O)[C@@H](NC(=O)[C@H](CO)NC(=O)[C@H](Cc1ccc(O)cc1)NC(=O)[C@H](Cc1c[nH]c2ccccc12)NC(=O)[C@@H](N)Cc1cnc[nH]1)[C@@H](C)O)C(=O)N[C@@H](Cc1c[nH]c2ccccc12)C(=O)O. The molecule has 3 aromatic carbocycles. The maximum atomic E-state index is 14.4. The molecule has 0 radical (unpaired) electrons. The first-order valence-electron chi connectivity index (χ1n) is 26.3. The number of aliphatic carboxylic acids is 2. The normalized spacial score (nSPS) is 14.9. The molecule has 0 aliphatic carbocycles. The number of aromatic hydroxyl groups is 1. The molecule has 3 heterocycles. The van der Waals surface area contributed by atoms with Gasteiger partial charge in [0.05, 0.1) is 25.1 Å². The highest BCUT2D eigenvalue weighted by molar-refractivity contribution is 5.99. The molecule has 6 aromatic rings. The van der Waals surface area contributed by atoms with Crippen molar-refractivity contribution in [1.29, 1.82) is 0 Å². The number of amides is 8. The second-order valence-electron chi connectivity index (χ2n) is 19.8. The number of aliphatic hydroxyl groups is 2. The highest BCUT2D eigenvalue weighted by Crippen LogP contribution is 2.21. The van der Waals surface area contributed by atoms with Crippen LogP contribution in [0.15, 0.2) is 97.7 Å². The predicted molar refractivity (Wildman–Crippen MR) is 296 cm³/mol. The summed E-state index contributed by atoms with van der Waals surface area (Å²) in [6.45, 7) is 2.43. The van der Waals surface area contributed by atoms with Gasteiger partial charge in [0.25, 0.3) is 0 Å². The Hall–Kier alpha value is -9.67. The van der Waals surface area contributed by atoms with Crippen LogP contribution in [0.3, 0.4) is 0 Å². The van der Waals surface area contributed by atoms with Crippen molar-refractivity contribution in [3.8, 4) is 5.75 Å². The first-order valence-corrected chi connectivity index (χ1v) is 26.3. The van der Waals surface area contributed by atoms with Gasteiger partial charge < -0.3 is 88.8 Å². The van der Waals surface area contributed by atoms with Gasteiger partial charge in [0.2, 0.25) is 47.3 Å². The number of benzene rings is 3. The minimum atomic E-state index is -1.94. The second kappa shape index (κ2) is 29.2. The van der Waals surface area contributed by atoms with E-state index in [-0.39, 0.29) is 31.4 Å². The lowest BCUT2D eigenvalue weighted by Gasteiger charge is -2.28. The summed E-state index contributed by atoms with van der Waals surface area (Å²) in [5.74, 6) is -10.9. The van der Waals surface area contributed by atoms with Gasteiger partial charge in [-0.05, 0) is 68.1 Å². The average molecular weight is 1150 g/mol. The molecule has 28 heteroatoms. The summed E-state index contributed by atoms with van der Waals surface area (Å²) >= 11 is 0. The molecule has 6 rings (SSSR count). The molecule has 0 saturated carbocycles. The Kier molecular flexibility index (Phi) is 22.0. The Bertz CT molecular complexity index is 3270. The van der Waals surface area contributed by atoms with E-state index in [9.17, 15) is 73.5 Å². The Morgan fingerprint density at radius 2 is 1.02 bits per heavy atom. The molecule has 3 aromatic heterocycles. The van der Waals surface area contributed by atoms with E-state index in [1.807, 2.05) is 6.07 Å². The van der Waals surface area contributed by atoms with Crippen molar-refractivity contribution in [2.45, 2.75) is 120 Å². The van der Waals surface area contributed by atoms with E-state index in [2.05, 4.69) is 62.5 Å². The van der Waals surface area contributed by atoms with Crippen LogP contribution in [0.4, 0.5) is 0 Å². The number of carbonyl (C=O) groups excluding carboxylic acids is 8. The number of hydrogen-bond donors (Lipinski definition) is 17. The van der Waals surface area contributed by atoms with Gasteiger partial charge in [0.15, 0.2) is 0 Å². The highest BCUT2D eigenvalue weighted by atomic mass is 16.4. The Labute approximate surface area is 473 Å². The van der Waals surface area contributed by atoms with Gasteiger partial charge in [0.1, 0.15) is 54.1 Å². The van der Waals surface area contributed by atoms with E-state index in [0.717, 1.165) is 28.7 Å². The molecule has 0 bridgehead atoms. The van der Waals surface area contributed by atoms with Crippen molar-refractivity contribution in [3.05, 3.63) is 120 Å². The molecule has 0 unspecified atom stereocenters. The lowest BCUT2D eigenvalue weighted by molar-refractivity contribution is -0.142. The molecule has 0 saturated heterocycles. The fraction of sp³-hybridized carbons (Fsp3) is 0.364. The molecular weight excluding hydrogens is 1080 g/mol. The van der Waals surface area contributed by atoms with E-state index < -0.39 is 139 Å². The number of fused-ring (bicyclic) bond motifs is 2. The number of aromatic nitrogens is 4. The summed E-state index contributed by atoms with van der Waals surface area (Å²) in [7, 11) is 0. The molecule has 0 aliphatic heterocycles. The van der Waals surface area contributed by atoms with Crippen LogP contribution in [0.2, 0.25) is 0 Å². The minimum absolute atomic E-state index is 0.0285. The number of nitrogens with two attached hydrogens (primary N) is 1. The van der Waals surface area contributed by atoms with Crippen LogP contribution in [-0.2, 0) is 73.6 Å². The van der Waals surface area contributed by atoms with Crippen LogP contribution in [0.25, 0.3) is 21.8 Å². The molecule has 442 valence electrons. The Balaban J connectivity index is 1.11. The van der Waals surface area contributed by atoms with Crippen LogP contribution in [0.1, 0.15) is 56.0 Å². The Morgan fingerprint density at radius 3 is 1.57 bits per heavy atom. The average Bonchev–Trinajstić information content (AvgIpc) is 4.24. The maximum Gasteiger partial charge on any atom is 0.326 e. The van der Waals surface area contributed by atoms with E-state index in [4.69, 9.17) is 5.73 Å². The fourth-order valence-electron chi connectivity index (χ4n) is 8.81. The zero-order valence-electron chi connectivity index (χ0n) is 45.3. The first kappa shape index (κ1) is 62.5. The third-order valence-electron chi connectivity index (χ3n) is 13.4. The molecule has 10 atom stereocenters. The number of rotatable bonds is 30. The highest BCUT2D eigenvalue weighted by Gasteiger charge is 2.36. The van der Waals surface area contributed by atoms with Crippen molar-refractivity contribution in [2.24, 2.45) is 5.73 Å². The molecule has 0 aliphatic rings. The van der Waals surface area contributed by atoms with Gasteiger partial charge in [-0.1, -0.05) is 48.5 Å². The number of carboxylic acids is 2. The summed E-state index contributed by atoms with van der Waals surface area (Å²) in [4.78, 5) is 147. The van der Waals surface area contributed by atoms with Crippen LogP contribution in [0.5, 0.6) is 5.75 Å². The number of nitrogens with zero attached hydrogens (tertiary/aromatic N) is 1. The number of phenolic OH excluding ortho intramolecular Hbond substituents is 1. The minimum Gasteiger partial charge on any atom is -0.508 e. The molecule has 18 N–H and O–H groups in total. The number of carbonyl (C=O) groups is 10. The smallest absolute Gasteiger partial charge is 0.326 e. The summed E-state index contributed by atoms with van der Waals surface area (Å²) in [6, 6.07) is 6.07.